The normalized spacial score (nSPS) is 10.4. The van der Waals surface area contributed by atoms with Crippen molar-refractivity contribution in [2.24, 2.45) is 0 Å². The number of anilines is 6. The smallest absolute Gasteiger partial charge is 0.0620 e. The van der Waals surface area contributed by atoms with Crippen LogP contribution in [0.25, 0.3) is 21.5 Å². The van der Waals surface area contributed by atoms with Gasteiger partial charge in [-0.05, 0) is 98.6 Å². The fourth-order valence-electron chi connectivity index (χ4n) is 6.00. The molecule has 0 radical (unpaired) electrons. The number of hydrogen-bond acceptors (Lipinski definition) is 4. The third-order valence-corrected chi connectivity index (χ3v) is 8.15. The summed E-state index contributed by atoms with van der Waals surface area (Å²) in [6.07, 6.45) is 7.46. The molecule has 0 aliphatic rings. The van der Waals surface area contributed by atoms with Crippen molar-refractivity contribution in [1.82, 2.24) is 9.97 Å². The van der Waals surface area contributed by atoms with E-state index in [9.17, 15) is 0 Å². The van der Waals surface area contributed by atoms with Crippen LogP contribution in [0.3, 0.4) is 0 Å². The lowest BCUT2D eigenvalue weighted by Crippen LogP contribution is -2.15. The zero-order chi connectivity index (χ0) is 33.3. The number of aromatic nitrogens is 2. The Bertz CT molecular complexity index is 1960. The monoisotopic (exact) mass is 616 g/mol. The van der Waals surface area contributed by atoms with E-state index in [-0.39, 0.29) is 0 Å². The summed E-state index contributed by atoms with van der Waals surface area (Å²) in [7, 11) is 0. The first-order chi connectivity index (χ1) is 23.1. The maximum Gasteiger partial charge on any atom is 0.0620 e. The Morgan fingerprint density at radius 1 is 0.383 bits per heavy atom. The molecule has 2 heterocycles. The first kappa shape index (κ1) is 32.9. The van der Waals surface area contributed by atoms with E-state index in [1.165, 1.54) is 38.2 Å². The van der Waals surface area contributed by atoms with Gasteiger partial charge in [-0.25, -0.2) is 0 Å². The van der Waals surface area contributed by atoms with E-state index in [2.05, 4.69) is 156 Å². The van der Waals surface area contributed by atoms with Gasteiger partial charge in [0.1, 0.15) is 0 Å². The fourth-order valence-corrected chi connectivity index (χ4v) is 6.00. The van der Waals surface area contributed by atoms with Gasteiger partial charge in [-0.2, -0.15) is 0 Å². The molecule has 0 saturated heterocycles. The Hall–Kier alpha value is -5.48. The van der Waals surface area contributed by atoms with Gasteiger partial charge < -0.3 is 9.80 Å². The van der Waals surface area contributed by atoms with Crippen LogP contribution < -0.4 is 9.80 Å². The quantitative estimate of drug-likeness (QED) is 0.137. The predicted molar refractivity (Wildman–Crippen MR) is 203 cm³/mol. The van der Waals surface area contributed by atoms with Crippen LogP contribution in [0, 0.1) is 20.8 Å². The van der Waals surface area contributed by atoms with E-state index in [0.717, 1.165) is 34.1 Å². The molecule has 4 nitrogen and oxygen atoms in total. The largest absolute Gasteiger partial charge is 0.309 e. The average molecular weight is 617 g/mol. The number of benzene rings is 5. The zero-order valence-corrected chi connectivity index (χ0v) is 28.6. The van der Waals surface area contributed by atoms with Crippen LogP contribution in [-0.4, -0.2) is 9.97 Å². The molecule has 236 valence electrons. The lowest BCUT2D eigenvalue weighted by atomic mass is 9.92. The summed E-state index contributed by atoms with van der Waals surface area (Å²) in [5.41, 5.74) is 10.3. The lowest BCUT2D eigenvalue weighted by Gasteiger charge is -2.33. The standard InChI is InChI=1S/C39H32N4.2C2H6/c1-27-14-15-34-35(24-27)39(43(31-12-8-5-9-13-31)33-18-22-41-23-19-33)37-26-29(3)28(2)25-36(37)38(34)42(30-10-6-4-7-11-30)32-16-20-40-21-17-32;2*1-2/h4-26H,1-3H3;2*1-2H3. The minimum Gasteiger partial charge on any atom is -0.309 e. The molecule has 0 bridgehead atoms. The van der Waals surface area contributed by atoms with Crippen molar-refractivity contribution in [3.05, 3.63) is 157 Å². The molecule has 2 aromatic heterocycles. The molecule has 0 amide bonds. The third kappa shape index (κ3) is 6.59. The van der Waals surface area contributed by atoms with E-state index < -0.39 is 0 Å². The van der Waals surface area contributed by atoms with E-state index in [1.54, 1.807) is 0 Å². The number of rotatable bonds is 6. The molecule has 5 aromatic carbocycles. The van der Waals surface area contributed by atoms with E-state index in [1.807, 2.05) is 52.5 Å². The van der Waals surface area contributed by atoms with Crippen LogP contribution in [0.1, 0.15) is 44.4 Å². The summed E-state index contributed by atoms with van der Waals surface area (Å²) < 4.78 is 0. The Balaban J connectivity index is 0.00000105. The molecule has 0 atom stereocenters. The molecule has 0 fully saturated rings. The van der Waals surface area contributed by atoms with Crippen molar-refractivity contribution >= 4 is 55.7 Å². The van der Waals surface area contributed by atoms with Crippen molar-refractivity contribution in [3.8, 4) is 0 Å². The average Bonchev–Trinajstić information content (AvgIpc) is 3.14. The summed E-state index contributed by atoms with van der Waals surface area (Å²) in [5, 5.41) is 4.73. The first-order valence-electron chi connectivity index (χ1n) is 16.6. The maximum absolute atomic E-state index is 4.35. The van der Waals surface area contributed by atoms with Gasteiger partial charge in [-0.3, -0.25) is 9.97 Å². The Morgan fingerprint density at radius 2 is 0.745 bits per heavy atom. The fraction of sp³-hybridized carbons (Fsp3) is 0.163. The maximum atomic E-state index is 4.35. The predicted octanol–water partition coefficient (Wildman–Crippen LogP) is 12.7. The van der Waals surface area contributed by atoms with Gasteiger partial charge in [-0.1, -0.05) is 81.8 Å². The van der Waals surface area contributed by atoms with E-state index in [0.29, 0.717) is 0 Å². The molecular weight excluding hydrogens is 573 g/mol. The molecule has 4 heteroatoms. The molecular formula is C43H44N4. The number of pyridine rings is 2. The number of fused-ring (bicyclic) bond motifs is 2. The van der Waals surface area contributed by atoms with Gasteiger partial charge in [0.25, 0.3) is 0 Å². The number of aryl methyl sites for hydroxylation is 3. The van der Waals surface area contributed by atoms with Crippen molar-refractivity contribution in [2.75, 3.05) is 9.80 Å². The third-order valence-electron chi connectivity index (χ3n) is 8.15. The Labute approximate surface area is 280 Å². The number of nitrogens with zero attached hydrogens (tertiary/aromatic N) is 4. The first-order valence-corrected chi connectivity index (χ1v) is 16.6. The number of para-hydroxylation sites is 2. The van der Waals surface area contributed by atoms with Crippen LogP contribution in [-0.2, 0) is 0 Å². The lowest BCUT2D eigenvalue weighted by molar-refractivity contribution is 1.24. The molecule has 0 N–H and O–H groups in total. The van der Waals surface area contributed by atoms with Crippen LogP contribution in [0.4, 0.5) is 34.1 Å². The second-order valence-electron chi connectivity index (χ2n) is 11.0. The minimum atomic E-state index is 1.06. The molecule has 0 unspecified atom stereocenters. The molecule has 0 saturated carbocycles. The van der Waals surface area contributed by atoms with Crippen LogP contribution >= 0.6 is 0 Å². The van der Waals surface area contributed by atoms with Crippen LogP contribution in [0.15, 0.2) is 140 Å². The van der Waals surface area contributed by atoms with Gasteiger partial charge in [0.05, 0.1) is 11.4 Å². The van der Waals surface area contributed by atoms with Crippen LogP contribution in [0.2, 0.25) is 0 Å². The highest BCUT2D eigenvalue weighted by atomic mass is 15.2. The topological polar surface area (TPSA) is 32.3 Å². The second kappa shape index (κ2) is 15.2. The summed E-state index contributed by atoms with van der Waals surface area (Å²) in [6.45, 7) is 14.6. The SMILES string of the molecule is CC.CC.Cc1ccc2c(N(c3ccccc3)c3ccncc3)c3cc(C)c(C)cc3c(N(c3ccccc3)c3ccncc3)c2c1. The highest BCUT2D eigenvalue weighted by molar-refractivity contribution is 6.23. The molecule has 0 aliphatic heterocycles. The Kier molecular flexibility index (Phi) is 10.6. The van der Waals surface area contributed by atoms with Crippen molar-refractivity contribution in [1.29, 1.82) is 0 Å². The summed E-state index contributed by atoms with van der Waals surface area (Å²) in [4.78, 5) is 13.4. The van der Waals surface area contributed by atoms with Crippen molar-refractivity contribution in [3.63, 3.8) is 0 Å². The van der Waals surface area contributed by atoms with Gasteiger partial charge in [0, 0.05) is 69.1 Å². The molecule has 47 heavy (non-hydrogen) atoms. The van der Waals surface area contributed by atoms with Gasteiger partial charge in [-0.15, -0.1) is 0 Å². The highest BCUT2D eigenvalue weighted by Gasteiger charge is 2.26. The molecule has 0 spiro atoms. The van der Waals surface area contributed by atoms with Crippen molar-refractivity contribution < 1.29 is 0 Å². The van der Waals surface area contributed by atoms with Crippen molar-refractivity contribution in [2.45, 2.75) is 48.5 Å². The Morgan fingerprint density at radius 3 is 1.17 bits per heavy atom. The van der Waals surface area contributed by atoms with E-state index >= 15 is 0 Å². The van der Waals surface area contributed by atoms with Crippen LogP contribution in [0.5, 0.6) is 0 Å². The van der Waals surface area contributed by atoms with Gasteiger partial charge in [0.15, 0.2) is 0 Å². The minimum absolute atomic E-state index is 1.06. The second-order valence-corrected chi connectivity index (χ2v) is 11.0. The number of hydrogen-bond donors (Lipinski definition) is 0. The summed E-state index contributed by atoms with van der Waals surface area (Å²) in [6, 6.07) is 41.1. The molecule has 0 aliphatic carbocycles. The highest BCUT2D eigenvalue weighted by Crippen LogP contribution is 2.51. The van der Waals surface area contributed by atoms with Gasteiger partial charge >= 0.3 is 0 Å². The molecule has 7 rings (SSSR count). The summed E-state index contributed by atoms with van der Waals surface area (Å²) >= 11 is 0. The molecule has 7 aromatic rings. The zero-order valence-electron chi connectivity index (χ0n) is 28.6. The van der Waals surface area contributed by atoms with E-state index in [4.69, 9.17) is 0 Å². The summed E-state index contributed by atoms with van der Waals surface area (Å²) in [5.74, 6) is 0. The van der Waals surface area contributed by atoms with Gasteiger partial charge in [0.2, 0.25) is 0 Å².